The fourth-order valence-corrected chi connectivity index (χ4v) is 3.87. The number of ether oxygens (including phenoxy) is 1. The van der Waals surface area contributed by atoms with Crippen LogP contribution in [0.25, 0.3) is 0 Å². The Balaban J connectivity index is 1.72. The monoisotopic (exact) mass is 313 g/mol. The molecule has 0 bridgehead atoms. The van der Waals surface area contributed by atoms with Crippen molar-refractivity contribution in [2.45, 2.75) is 43.1 Å². The van der Waals surface area contributed by atoms with Crippen LogP contribution in [-0.4, -0.2) is 55.0 Å². The summed E-state index contributed by atoms with van der Waals surface area (Å²) in [5.41, 5.74) is 2.10. The van der Waals surface area contributed by atoms with Crippen LogP contribution in [0.1, 0.15) is 51.5 Å². The Hall–Kier alpha value is -1.66. The molecule has 6 heteroatoms. The molecule has 0 spiro atoms. The highest BCUT2D eigenvalue weighted by Gasteiger charge is 2.46. The zero-order chi connectivity index (χ0) is 16.1. The lowest BCUT2D eigenvalue weighted by Crippen LogP contribution is -2.52. The molecule has 0 aromatic heterocycles. The van der Waals surface area contributed by atoms with E-state index in [-0.39, 0.29) is 24.2 Å². The minimum Gasteiger partial charge on any atom is -0.391 e. The SMILES string of the molecule is B[C@H]1[C@H](O)COC[C@@H]1N1C(=O)c2cccc(C3CCC3)c2C1=O. The number of rotatable bonds is 2. The first-order chi connectivity index (χ1) is 11.1. The number of carbonyl (C=O) groups is 2. The number of nitrogens with zero attached hydrogens (tertiary/aromatic N) is 1. The number of hydrogen-bond acceptors (Lipinski definition) is 4. The minimum absolute atomic E-state index is 0.182. The second-order valence-corrected chi connectivity index (χ2v) is 6.91. The molecule has 1 aromatic rings. The van der Waals surface area contributed by atoms with Crippen molar-refractivity contribution in [3.63, 3.8) is 0 Å². The molecule has 1 saturated carbocycles. The molecule has 120 valence electrons. The molecule has 5 nitrogen and oxygen atoms in total. The van der Waals surface area contributed by atoms with E-state index in [0.717, 1.165) is 18.4 Å². The van der Waals surface area contributed by atoms with E-state index in [1.54, 1.807) is 6.07 Å². The number of aliphatic hydroxyl groups is 1. The van der Waals surface area contributed by atoms with Gasteiger partial charge in [-0.05, 0) is 36.2 Å². The normalized spacial score (nSPS) is 31.2. The Morgan fingerprint density at radius 1 is 1.17 bits per heavy atom. The number of fused-ring (bicyclic) bond motifs is 1. The smallest absolute Gasteiger partial charge is 0.262 e. The zero-order valence-corrected chi connectivity index (χ0v) is 13.2. The Morgan fingerprint density at radius 3 is 2.65 bits per heavy atom. The van der Waals surface area contributed by atoms with Crippen molar-refractivity contribution >= 4 is 19.7 Å². The second-order valence-electron chi connectivity index (χ2n) is 6.91. The minimum atomic E-state index is -0.649. The topological polar surface area (TPSA) is 66.8 Å². The standard InChI is InChI=1S/C17H20BNO4/c18-15-12(7-23-8-13(15)20)19-16(21)11-6-2-5-10(9-3-1-4-9)14(11)17(19)22/h2,5-6,9,12-13,15,20H,1,3-4,7-8,18H2/t12-,13+,15+/m0/s1. The lowest BCUT2D eigenvalue weighted by Gasteiger charge is -2.37. The lowest BCUT2D eigenvalue weighted by molar-refractivity contribution is -0.0412. The summed E-state index contributed by atoms with van der Waals surface area (Å²) >= 11 is 0. The van der Waals surface area contributed by atoms with Crippen LogP contribution in [0.3, 0.4) is 0 Å². The third kappa shape index (κ3) is 2.16. The van der Waals surface area contributed by atoms with E-state index in [2.05, 4.69) is 0 Å². The summed E-state index contributed by atoms with van der Waals surface area (Å²) < 4.78 is 5.39. The van der Waals surface area contributed by atoms with Crippen molar-refractivity contribution in [2.24, 2.45) is 0 Å². The third-order valence-electron chi connectivity index (χ3n) is 5.65. The Labute approximate surface area is 136 Å². The Bertz CT molecular complexity index is 673. The summed E-state index contributed by atoms with van der Waals surface area (Å²) in [6.07, 6.45) is 2.70. The first-order valence-electron chi connectivity index (χ1n) is 8.36. The molecule has 2 fully saturated rings. The van der Waals surface area contributed by atoms with E-state index in [1.165, 1.54) is 11.3 Å². The van der Waals surface area contributed by atoms with Gasteiger partial charge in [0.2, 0.25) is 0 Å². The van der Waals surface area contributed by atoms with Gasteiger partial charge in [-0.25, -0.2) is 0 Å². The summed E-state index contributed by atoms with van der Waals surface area (Å²) in [7, 11) is 1.87. The first kappa shape index (κ1) is 14.9. The molecule has 2 aliphatic heterocycles. The maximum atomic E-state index is 13.0. The molecule has 0 radical (unpaired) electrons. The van der Waals surface area contributed by atoms with Crippen LogP contribution in [0.5, 0.6) is 0 Å². The van der Waals surface area contributed by atoms with E-state index in [0.29, 0.717) is 23.7 Å². The van der Waals surface area contributed by atoms with Crippen LogP contribution in [0.2, 0.25) is 5.82 Å². The van der Waals surface area contributed by atoms with Gasteiger partial charge < -0.3 is 9.84 Å². The number of carbonyl (C=O) groups excluding carboxylic acids is 2. The van der Waals surface area contributed by atoms with E-state index < -0.39 is 12.1 Å². The third-order valence-corrected chi connectivity index (χ3v) is 5.65. The number of aliphatic hydroxyl groups excluding tert-OH is 1. The Morgan fingerprint density at radius 2 is 1.96 bits per heavy atom. The highest BCUT2D eigenvalue weighted by Crippen LogP contribution is 2.42. The van der Waals surface area contributed by atoms with Crippen molar-refractivity contribution in [3.8, 4) is 0 Å². The molecule has 23 heavy (non-hydrogen) atoms. The quantitative estimate of drug-likeness (QED) is 0.646. The highest BCUT2D eigenvalue weighted by atomic mass is 16.5. The molecule has 1 N–H and O–H groups in total. The molecular weight excluding hydrogens is 293 g/mol. The van der Waals surface area contributed by atoms with Crippen molar-refractivity contribution in [1.29, 1.82) is 0 Å². The second kappa shape index (κ2) is 5.46. The van der Waals surface area contributed by atoms with Gasteiger partial charge in [0.05, 0.1) is 36.5 Å². The predicted molar refractivity (Wildman–Crippen MR) is 86.4 cm³/mol. The summed E-state index contributed by atoms with van der Waals surface area (Å²) in [6.45, 7) is 0.552. The van der Waals surface area contributed by atoms with Crippen LogP contribution >= 0.6 is 0 Å². The number of hydrogen-bond donors (Lipinski definition) is 1. The van der Waals surface area contributed by atoms with Gasteiger partial charge in [0, 0.05) is 0 Å². The fraction of sp³-hybridized carbons (Fsp3) is 0.529. The fourth-order valence-electron chi connectivity index (χ4n) is 3.87. The van der Waals surface area contributed by atoms with Gasteiger partial charge in [-0.1, -0.05) is 18.6 Å². The average Bonchev–Trinajstić information content (AvgIpc) is 2.74. The van der Waals surface area contributed by atoms with Crippen molar-refractivity contribution in [1.82, 2.24) is 4.90 Å². The summed E-state index contributed by atoms with van der Waals surface area (Å²) in [4.78, 5) is 27.1. The highest BCUT2D eigenvalue weighted by molar-refractivity contribution is 6.23. The molecule has 4 rings (SSSR count). The van der Waals surface area contributed by atoms with Crippen LogP contribution < -0.4 is 0 Å². The van der Waals surface area contributed by atoms with E-state index >= 15 is 0 Å². The van der Waals surface area contributed by atoms with Gasteiger partial charge in [0.1, 0.15) is 7.85 Å². The van der Waals surface area contributed by atoms with Crippen molar-refractivity contribution < 1.29 is 19.4 Å². The summed E-state index contributed by atoms with van der Waals surface area (Å²) in [5.74, 6) is -0.256. The van der Waals surface area contributed by atoms with Gasteiger partial charge >= 0.3 is 0 Å². The molecule has 2 amide bonds. The molecule has 2 heterocycles. The molecule has 1 aromatic carbocycles. The average molecular weight is 313 g/mol. The maximum Gasteiger partial charge on any atom is 0.262 e. The van der Waals surface area contributed by atoms with Crippen LogP contribution in [0.4, 0.5) is 0 Å². The molecule has 1 saturated heterocycles. The van der Waals surface area contributed by atoms with Crippen molar-refractivity contribution in [2.75, 3.05) is 13.2 Å². The van der Waals surface area contributed by atoms with E-state index in [4.69, 9.17) is 4.74 Å². The van der Waals surface area contributed by atoms with Crippen LogP contribution in [-0.2, 0) is 4.74 Å². The van der Waals surface area contributed by atoms with Crippen LogP contribution in [0.15, 0.2) is 18.2 Å². The number of amides is 2. The van der Waals surface area contributed by atoms with Gasteiger partial charge in [-0.2, -0.15) is 0 Å². The largest absolute Gasteiger partial charge is 0.391 e. The molecule has 0 unspecified atom stereocenters. The van der Waals surface area contributed by atoms with Gasteiger partial charge in [0.25, 0.3) is 11.8 Å². The molecular formula is C17H20BNO4. The van der Waals surface area contributed by atoms with Gasteiger partial charge in [0.15, 0.2) is 0 Å². The summed E-state index contributed by atoms with van der Waals surface area (Å²) in [5, 5.41) is 10.0. The lowest BCUT2D eigenvalue weighted by atomic mass is 9.75. The zero-order valence-electron chi connectivity index (χ0n) is 13.2. The van der Waals surface area contributed by atoms with E-state index in [9.17, 15) is 14.7 Å². The van der Waals surface area contributed by atoms with Crippen LogP contribution in [0, 0.1) is 0 Å². The predicted octanol–water partition coefficient (Wildman–Crippen LogP) is 0.731. The van der Waals surface area contributed by atoms with Crippen molar-refractivity contribution in [3.05, 3.63) is 34.9 Å². The van der Waals surface area contributed by atoms with E-state index in [1.807, 2.05) is 20.0 Å². The first-order valence-corrected chi connectivity index (χ1v) is 8.36. The molecule has 3 atom stereocenters. The van der Waals surface area contributed by atoms with Gasteiger partial charge in [-0.15, -0.1) is 0 Å². The molecule has 3 aliphatic rings. The summed E-state index contributed by atoms with van der Waals surface area (Å²) in [6, 6.07) is 5.19. The number of benzene rings is 1. The molecule has 1 aliphatic carbocycles. The Kier molecular flexibility index (Phi) is 3.54. The van der Waals surface area contributed by atoms with Gasteiger partial charge in [-0.3, -0.25) is 14.5 Å². The maximum absolute atomic E-state index is 13.0. The number of imide groups is 1.